The zero-order valence-electron chi connectivity index (χ0n) is 11.9. The summed E-state index contributed by atoms with van der Waals surface area (Å²) in [5.41, 5.74) is 2.39. The van der Waals surface area contributed by atoms with Gasteiger partial charge in [0.25, 0.3) is 0 Å². The molecule has 0 bridgehead atoms. The third kappa shape index (κ3) is 2.70. The number of para-hydroxylation sites is 1. The van der Waals surface area contributed by atoms with Crippen molar-refractivity contribution in [3.8, 4) is 0 Å². The molecule has 0 saturated carbocycles. The molecule has 1 N–H and O–H groups in total. The van der Waals surface area contributed by atoms with Gasteiger partial charge in [-0.25, -0.2) is 0 Å². The van der Waals surface area contributed by atoms with Crippen LogP contribution in [0, 0.1) is 0 Å². The molecular weight excluding hydrogens is 319 g/mol. The molecule has 0 aliphatic rings. The number of nitrogens with one attached hydrogen (secondary N) is 1. The lowest BCUT2D eigenvalue weighted by molar-refractivity contribution is 0.101. The van der Waals surface area contributed by atoms with E-state index in [1.54, 1.807) is 18.2 Å². The zero-order chi connectivity index (χ0) is 15.7. The second-order valence-electron chi connectivity index (χ2n) is 5.05. The van der Waals surface area contributed by atoms with E-state index in [1.165, 1.54) is 0 Å². The highest BCUT2D eigenvalue weighted by Crippen LogP contribution is 2.29. The normalized spacial score (nSPS) is 10.9. The summed E-state index contributed by atoms with van der Waals surface area (Å²) in [6.45, 7) is 0.161. The maximum atomic E-state index is 12.5. The van der Waals surface area contributed by atoms with Gasteiger partial charge in [0.2, 0.25) is 0 Å². The van der Waals surface area contributed by atoms with Crippen LogP contribution in [-0.4, -0.2) is 16.9 Å². The molecule has 0 fully saturated rings. The Hall–Kier alpha value is -1.97. The molecule has 1 aromatic heterocycles. The van der Waals surface area contributed by atoms with Gasteiger partial charge < -0.3 is 9.88 Å². The Balaban J connectivity index is 1.84. The fraction of sp³-hybridized carbons (Fsp3) is 0.118. The van der Waals surface area contributed by atoms with E-state index in [0.717, 1.165) is 10.9 Å². The number of aromatic nitrogens is 1. The summed E-state index contributed by atoms with van der Waals surface area (Å²) < 4.78 is 1.95. The first kappa shape index (κ1) is 14.9. The van der Waals surface area contributed by atoms with E-state index in [1.807, 2.05) is 42.1 Å². The Kier molecular flexibility index (Phi) is 4.10. The van der Waals surface area contributed by atoms with E-state index in [-0.39, 0.29) is 12.3 Å². The van der Waals surface area contributed by atoms with Crippen LogP contribution in [0.3, 0.4) is 0 Å². The van der Waals surface area contributed by atoms with Gasteiger partial charge in [0, 0.05) is 29.7 Å². The van der Waals surface area contributed by atoms with Crippen molar-refractivity contribution in [3.63, 3.8) is 0 Å². The average Bonchev–Trinajstić information content (AvgIpc) is 2.86. The lowest BCUT2D eigenvalue weighted by Crippen LogP contribution is -2.14. The smallest absolute Gasteiger partial charge is 0.184 e. The number of fused-ring (bicyclic) bond motifs is 1. The van der Waals surface area contributed by atoms with Crippen molar-refractivity contribution in [2.45, 2.75) is 0 Å². The van der Waals surface area contributed by atoms with Crippen molar-refractivity contribution >= 4 is 45.6 Å². The SMILES string of the molecule is Cn1cc(C(=O)CNc2cccc(Cl)c2Cl)c2ccccc21. The third-order valence-electron chi connectivity index (χ3n) is 3.59. The number of aryl methyl sites for hydroxylation is 1. The molecule has 2 aromatic carbocycles. The van der Waals surface area contributed by atoms with Gasteiger partial charge in [0.05, 0.1) is 22.3 Å². The predicted molar refractivity (Wildman–Crippen MR) is 92.2 cm³/mol. The Morgan fingerprint density at radius 3 is 2.73 bits per heavy atom. The maximum absolute atomic E-state index is 12.5. The second-order valence-corrected chi connectivity index (χ2v) is 5.83. The highest BCUT2D eigenvalue weighted by molar-refractivity contribution is 6.43. The van der Waals surface area contributed by atoms with Crippen LogP contribution in [0.4, 0.5) is 5.69 Å². The Morgan fingerprint density at radius 2 is 1.91 bits per heavy atom. The minimum atomic E-state index is 0.00726. The van der Waals surface area contributed by atoms with Crippen molar-refractivity contribution < 1.29 is 4.79 Å². The van der Waals surface area contributed by atoms with Crippen LogP contribution in [0.15, 0.2) is 48.7 Å². The van der Waals surface area contributed by atoms with E-state index < -0.39 is 0 Å². The molecule has 0 aliphatic heterocycles. The van der Waals surface area contributed by atoms with Crippen molar-refractivity contribution in [1.29, 1.82) is 0 Å². The molecule has 5 heteroatoms. The number of anilines is 1. The summed E-state index contributed by atoms with van der Waals surface area (Å²) >= 11 is 12.1. The molecule has 3 nitrogen and oxygen atoms in total. The number of carbonyl (C=O) groups excluding carboxylic acids is 1. The molecule has 0 spiro atoms. The summed E-state index contributed by atoms with van der Waals surface area (Å²) in [6, 6.07) is 13.1. The summed E-state index contributed by atoms with van der Waals surface area (Å²) in [6.07, 6.45) is 1.86. The number of benzene rings is 2. The Labute approximate surface area is 138 Å². The fourth-order valence-electron chi connectivity index (χ4n) is 2.47. The van der Waals surface area contributed by atoms with E-state index in [2.05, 4.69) is 5.32 Å². The molecule has 0 unspecified atom stereocenters. The van der Waals surface area contributed by atoms with Crippen LogP contribution < -0.4 is 5.32 Å². The number of hydrogen-bond acceptors (Lipinski definition) is 2. The average molecular weight is 333 g/mol. The van der Waals surface area contributed by atoms with Crippen LogP contribution in [0.25, 0.3) is 10.9 Å². The number of carbonyl (C=O) groups is 1. The molecule has 3 aromatic rings. The number of hydrogen-bond donors (Lipinski definition) is 1. The van der Waals surface area contributed by atoms with Crippen LogP contribution in [0.5, 0.6) is 0 Å². The summed E-state index contributed by atoms with van der Waals surface area (Å²) in [4.78, 5) is 12.5. The van der Waals surface area contributed by atoms with Gasteiger partial charge >= 0.3 is 0 Å². The minimum absolute atomic E-state index is 0.00726. The number of Topliss-reactive ketones (excluding diaryl/α,β-unsaturated/α-hetero) is 1. The van der Waals surface area contributed by atoms with Crippen molar-refractivity contribution in [2.24, 2.45) is 7.05 Å². The van der Waals surface area contributed by atoms with Crippen molar-refractivity contribution in [3.05, 3.63) is 64.3 Å². The minimum Gasteiger partial charge on any atom is -0.376 e. The predicted octanol–water partition coefficient (Wildman–Crippen LogP) is 4.78. The lowest BCUT2D eigenvalue weighted by Gasteiger charge is -2.08. The summed E-state index contributed by atoms with van der Waals surface area (Å²) in [7, 11) is 1.93. The molecule has 0 amide bonds. The first-order valence-corrected chi connectivity index (χ1v) is 7.58. The molecule has 0 atom stereocenters. The molecule has 0 aliphatic carbocycles. The second kappa shape index (κ2) is 6.03. The molecular formula is C17H14Cl2N2O. The molecule has 112 valence electrons. The van der Waals surface area contributed by atoms with Gasteiger partial charge in [-0.2, -0.15) is 0 Å². The largest absolute Gasteiger partial charge is 0.376 e. The first-order chi connectivity index (χ1) is 10.6. The fourth-order valence-corrected chi connectivity index (χ4v) is 2.84. The van der Waals surface area contributed by atoms with Crippen molar-refractivity contribution in [2.75, 3.05) is 11.9 Å². The van der Waals surface area contributed by atoms with Gasteiger partial charge in [-0.15, -0.1) is 0 Å². The summed E-state index contributed by atoms with van der Waals surface area (Å²) in [5, 5.41) is 4.89. The van der Waals surface area contributed by atoms with E-state index in [9.17, 15) is 4.79 Å². The first-order valence-electron chi connectivity index (χ1n) is 6.83. The lowest BCUT2D eigenvalue weighted by atomic mass is 10.1. The van der Waals surface area contributed by atoms with Gasteiger partial charge in [0.15, 0.2) is 5.78 Å². The highest BCUT2D eigenvalue weighted by atomic mass is 35.5. The molecule has 22 heavy (non-hydrogen) atoms. The molecule has 3 rings (SSSR count). The standard InChI is InChI=1S/C17H14Cl2N2O/c1-21-10-12(11-5-2-3-8-15(11)21)16(22)9-20-14-7-4-6-13(18)17(14)19/h2-8,10,20H,9H2,1H3. The van der Waals surface area contributed by atoms with Gasteiger partial charge in [-0.1, -0.05) is 47.5 Å². The molecule has 0 saturated heterocycles. The van der Waals surface area contributed by atoms with E-state index in [4.69, 9.17) is 23.2 Å². The Bertz CT molecular complexity index is 855. The van der Waals surface area contributed by atoms with Gasteiger partial charge in [0.1, 0.15) is 0 Å². The van der Waals surface area contributed by atoms with Crippen molar-refractivity contribution in [1.82, 2.24) is 4.57 Å². The monoisotopic (exact) mass is 332 g/mol. The Morgan fingerprint density at radius 1 is 1.14 bits per heavy atom. The molecule has 1 heterocycles. The van der Waals surface area contributed by atoms with E-state index in [0.29, 0.717) is 21.3 Å². The number of ketones is 1. The summed E-state index contributed by atoms with van der Waals surface area (Å²) in [5.74, 6) is 0.00726. The topological polar surface area (TPSA) is 34.0 Å². The van der Waals surface area contributed by atoms with Gasteiger partial charge in [-0.3, -0.25) is 4.79 Å². The zero-order valence-corrected chi connectivity index (χ0v) is 13.4. The quantitative estimate of drug-likeness (QED) is 0.697. The number of nitrogens with zero attached hydrogens (tertiary/aromatic N) is 1. The third-order valence-corrected chi connectivity index (χ3v) is 4.41. The van der Waals surface area contributed by atoms with Crippen LogP contribution in [0.1, 0.15) is 10.4 Å². The highest BCUT2D eigenvalue weighted by Gasteiger charge is 2.14. The van der Waals surface area contributed by atoms with Crippen LogP contribution in [0.2, 0.25) is 10.0 Å². The number of rotatable bonds is 4. The molecule has 0 radical (unpaired) electrons. The van der Waals surface area contributed by atoms with Crippen LogP contribution in [-0.2, 0) is 7.05 Å². The van der Waals surface area contributed by atoms with E-state index >= 15 is 0 Å². The van der Waals surface area contributed by atoms with Crippen LogP contribution >= 0.6 is 23.2 Å². The number of halogens is 2. The maximum Gasteiger partial charge on any atom is 0.184 e. The van der Waals surface area contributed by atoms with Gasteiger partial charge in [-0.05, 0) is 18.2 Å².